The molecule has 0 spiro atoms. The molecule has 1 saturated carbocycles. The Morgan fingerprint density at radius 3 is 2.56 bits per heavy atom. The maximum absolute atomic E-state index is 10.5. The van der Waals surface area contributed by atoms with Crippen LogP contribution in [0.4, 0.5) is 5.69 Å². The van der Waals surface area contributed by atoms with Crippen molar-refractivity contribution in [2.24, 2.45) is 5.92 Å². The van der Waals surface area contributed by atoms with Crippen LogP contribution >= 0.6 is 0 Å². The van der Waals surface area contributed by atoms with Crippen LogP contribution in [0.15, 0.2) is 24.3 Å². The standard InChI is InChI=1S/C13H14N2O3/c14-9-10-3-1-2-4-13(10)18-12-7-5-11(6-8-12)15(16)17/h5-8,10,13H,1-4H2. The zero-order valence-electron chi connectivity index (χ0n) is 9.91. The fourth-order valence-electron chi connectivity index (χ4n) is 2.21. The molecule has 1 aliphatic carbocycles. The molecular weight excluding hydrogens is 232 g/mol. The van der Waals surface area contributed by atoms with E-state index < -0.39 is 4.92 Å². The van der Waals surface area contributed by atoms with E-state index in [0.29, 0.717) is 5.75 Å². The molecule has 1 aliphatic rings. The smallest absolute Gasteiger partial charge is 0.269 e. The summed E-state index contributed by atoms with van der Waals surface area (Å²) in [5, 5.41) is 19.6. The lowest BCUT2D eigenvalue weighted by molar-refractivity contribution is -0.384. The van der Waals surface area contributed by atoms with Gasteiger partial charge in [0.2, 0.25) is 0 Å². The quantitative estimate of drug-likeness (QED) is 0.606. The predicted octanol–water partition coefficient (Wildman–Crippen LogP) is 3.06. The van der Waals surface area contributed by atoms with Crippen LogP contribution in [0, 0.1) is 27.4 Å². The summed E-state index contributed by atoms with van der Waals surface area (Å²) in [5.74, 6) is 0.515. The van der Waals surface area contributed by atoms with Crippen molar-refractivity contribution < 1.29 is 9.66 Å². The van der Waals surface area contributed by atoms with Crippen LogP contribution in [0.2, 0.25) is 0 Å². The minimum atomic E-state index is -0.442. The van der Waals surface area contributed by atoms with Gasteiger partial charge in [-0.1, -0.05) is 6.42 Å². The number of hydrogen-bond acceptors (Lipinski definition) is 4. The van der Waals surface area contributed by atoms with Crippen LogP contribution in [0.5, 0.6) is 5.75 Å². The molecule has 0 amide bonds. The highest BCUT2D eigenvalue weighted by Gasteiger charge is 2.26. The molecule has 2 unspecified atom stereocenters. The minimum Gasteiger partial charge on any atom is -0.489 e. The highest BCUT2D eigenvalue weighted by Crippen LogP contribution is 2.28. The van der Waals surface area contributed by atoms with E-state index in [1.807, 2.05) is 0 Å². The van der Waals surface area contributed by atoms with E-state index in [1.165, 1.54) is 12.1 Å². The van der Waals surface area contributed by atoms with Crippen molar-refractivity contribution in [3.63, 3.8) is 0 Å². The van der Waals surface area contributed by atoms with Gasteiger partial charge in [0.25, 0.3) is 5.69 Å². The van der Waals surface area contributed by atoms with Gasteiger partial charge >= 0.3 is 0 Å². The molecule has 18 heavy (non-hydrogen) atoms. The van der Waals surface area contributed by atoms with Crippen LogP contribution < -0.4 is 4.74 Å². The summed E-state index contributed by atoms with van der Waals surface area (Å²) in [6, 6.07) is 8.27. The van der Waals surface area contributed by atoms with Gasteiger partial charge in [-0.15, -0.1) is 0 Å². The maximum atomic E-state index is 10.5. The molecule has 1 fully saturated rings. The van der Waals surface area contributed by atoms with E-state index in [1.54, 1.807) is 12.1 Å². The first-order chi connectivity index (χ1) is 8.70. The Kier molecular flexibility index (Phi) is 3.78. The van der Waals surface area contributed by atoms with E-state index in [9.17, 15) is 10.1 Å². The fourth-order valence-corrected chi connectivity index (χ4v) is 2.21. The van der Waals surface area contributed by atoms with Gasteiger partial charge in [0.05, 0.1) is 16.9 Å². The molecule has 1 aromatic carbocycles. The van der Waals surface area contributed by atoms with Gasteiger partial charge in [-0.3, -0.25) is 10.1 Å². The normalized spacial score (nSPS) is 23.1. The summed E-state index contributed by atoms with van der Waals surface area (Å²) in [6.45, 7) is 0. The van der Waals surface area contributed by atoms with Crippen LogP contribution in [0.3, 0.4) is 0 Å². The monoisotopic (exact) mass is 246 g/mol. The minimum absolute atomic E-state index is 0.0443. The molecule has 2 rings (SSSR count). The Morgan fingerprint density at radius 2 is 1.94 bits per heavy atom. The first kappa shape index (κ1) is 12.4. The molecule has 0 saturated heterocycles. The SMILES string of the molecule is N#CC1CCCCC1Oc1ccc([N+](=O)[O-])cc1. The van der Waals surface area contributed by atoms with Crippen molar-refractivity contribution >= 4 is 5.69 Å². The fraction of sp³-hybridized carbons (Fsp3) is 0.462. The Labute approximate surface area is 105 Å². The zero-order valence-corrected chi connectivity index (χ0v) is 9.91. The van der Waals surface area contributed by atoms with E-state index in [2.05, 4.69) is 6.07 Å². The van der Waals surface area contributed by atoms with E-state index >= 15 is 0 Å². The van der Waals surface area contributed by atoms with Gasteiger partial charge in [0, 0.05) is 12.1 Å². The van der Waals surface area contributed by atoms with E-state index in [4.69, 9.17) is 10.00 Å². The topological polar surface area (TPSA) is 76.2 Å². The Morgan fingerprint density at radius 1 is 1.28 bits per heavy atom. The summed E-state index contributed by atoms with van der Waals surface area (Å²) in [5.41, 5.74) is 0.0443. The largest absolute Gasteiger partial charge is 0.489 e. The highest BCUT2D eigenvalue weighted by atomic mass is 16.6. The number of nitriles is 1. The lowest BCUT2D eigenvalue weighted by Crippen LogP contribution is -2.29. The Hall–Kier alpha value is -2.09. The third-order valence-corrected chi connectivity index (χ3v) is 3.20. The summed E-state index contributed by atoms with van der Waals surface area (Å²) in [6.07, 6.45) is 3.78. The van der Waals surface area contributed by atoms with Crippen LogP contribution in [-0.2, 0) is 0 Å². The molecule has 0 heterocycles. The van der Waals surface area contributed by atoms with Crippen molar-refractivity contribution in [3.8, 4) is 11.8 Å². The molecule has 94 valence electrons. The van der Waals surface area contributed by atoms with Gasteiger partial charge in [0.1, 0.15) is 11.9 Å². The molecule has 1 aromatic rings. The van der Waals surface area contributed by atoms with Crippen molar-refractivity contribution in [2.75, 3.05) is 0 Å². The molecule has 0 aliphatic heterocycles. The second kappa shape index (κ2) is 5.50. The Bertz CT molecular complexity index is 464. The third-order valence-electron chi connectivity index (χ3n) is 3.20. The number of rotatable bonds is 3. The molecule has 5 nitrogen and oxygen atoms in total. The summed E-state index contributed by atoms with van der Waals surface area (Å²) >= 11 is 0. The molecule has 0 aromatic heterocycles. The summed E-state index contributed by atoms with van der Waals surface area (Å²) in [7, 11) is 0. The van der Waals surface area contributed by atoms with Gasteiger partial charge in [-0.25, -0.2) is 0 Å². The number of non-ortho nitro benzene ring substituents is 1. The van der Waals surface area contributed by atoms with Crippen molar-refractivity contribution in [2.45, 2.75) is 31.8 Å². The van der Waals surface area contributed by atoms with Gasteiger partial charge in [0.15, 0.2) is 0 Å². The average Bonchev–Trinajstić information content (AvgIpc) is 2.40. The average molecular weight is 246 g/mol. The molecule has 5 heteroatoms. The van der Waals surface area contributed by atoms with E-state index in [0.717, 1.165) is 25.7 Å². The summed E-state index contributed by atoms with van der Waals surface area (Å²) in [4.78, 5) is 10.1. The second-order valence-corrected chi connectivity index (χ2v) is 4.43. The predicted molar refractivity (Wildman–Crippen MR) is 65.1 cm³/mol. The number of nitrogens with zero attached hydrogens (tertiary/aromatic N) is 2. The number of nitro benzene ring substituents is 1. The number of benzene rings is 1. The second-order valence-electron chi connectivity index (χ2n) is 4.43. The zero-order chi connectivity index (χ0) is 13.0. The van der Waals surface area contributed by atoms with Crippen molar-refractivity contribution in [1.29, 1.82) is 5.26 Å². The third kappa shape index (κ3) is 2.77. The summed E-state index contributed by atoms with van der Waals surface area (Å²) < 4.78 is 5.75. The van der Waals surface area contributed by atoms with Crippen LogP contribution in [0.1, 0.15) is 25.7 Å². The number of nitro groups is 1. The molecule has 2 atom stereocenters. The first-order valence-electron chi connectivity index (χ1n) is 6.01. The highest BCUT2D eigenvalue weighted by molar-refractivity contribution is 5.36. The van der Waals surface area contributed by atoms with Gasteiger partial charge in [-0.2, -0.15) is 5.26 Å². The lowest BCUT2D eigenvalue weighted by atomic mass is 9.87. The lowest BCUT2D eigenvalue weighted by Gasteiger charge is -2.27. The maximum Gasteiger partial charge on any atom is 0.269 e. The first-order valence-corrected chi connectivity index (χ1v) is 6.01. The number of ether oxygens (including phenoxy) is 1. The van der Waals surface area contributed by atoms with E-state index in [-0.39, 0.29) is 17.7 Å². The van der Waals surface area contributed by atoms with Crippen LogP contribution in [-0.4, -0.2) is 11.0 Å². The van der Waals surface area contributed by atoms with Gasteiger partial charge in [-0.05, 0) is 31.4 Å². The van der Waals surface area contributed by atoms with Crippen molar-refractivity contribution in [1.82, 2.24) is 0 Å². The van der Waals surface area contributed by atoms with Gasteiger partial charge < -0.3 is 4.74 Å². The van der Waals surface area contributed by atoms with Crippen molar-refractivity contribution in [3.05, 3.63) is 34.4 Å². The number of hydrogen-bond donors (Lipinski definition) is 0. The van der Waals surface area contributed by atoms with Crippen LogP contribution in [0.25, 0.3) is 0 Å². The molecule has 0 bridgehead atoms. The molecular formula is C13H14N2O3. The Balaban J connectivity index is 2.04. The molecule has 0 N–H and O–H groups in total. The molecule has 0 radical (unpaired) electrons.